The van der Waals surface area contributed by atoms with Crippen molar-refractivity contribution in [1.82, 2.24) is 0 Å². The number of ether oxygens (including phenoxy) is 3. The molecule has 0 aliphatic carbocycles. The molecule has 0 fully saturated rings. The summed E-state index contributed by atoms with van der Waals surface area (Å²) in [6, 6.07) is 56.5. The maximum absolute atomic E-state index is 7.20. The Labute approximate surface area is 403 Å². The molecule has 0 aromatic heterocycles. The lowest BCUT2D eigenvalue weighted by Crippen LogP contribution is -2.12. The summed E-state index contributed by atoms with van der Waals surface area (Å²) in [7, 11) is 0. The second-order valence-corrected chi connectivity index (χ2v) is 20.3. The van der Waals surface area contributed by atoms with E-state index in [9.17, 15) is 0 Å². The molecule has 3 nitrogen and oxygen atoms in total. The van der Waals surface area contributed by atoms with Crippen molar-refractivity contribution in [2.45, 2.75) is 98.4 Å². The monoisotopic (exact) mass is 888 g/mol. The van der Waals surface area contributed by atoms with Crippen LogP contribution in [0.25, 0.3) is 12.2 Å². The van der Waals surface area contributed by atoms with E-state index >= 15 is 0 Å². The predicted octanol–water partition coefficient (Wildman–Crippen LogP) is 16.4. The molecule has 6 atom stereocenters. The van der Waals surface area contributed by atoms with Gasteiger partial charge >= 0.3 is 0 Å². The Kier molecular flexibility index (Phi) is 11.0. The summed E-state index contributed by atoms with van der Waals surface area (Å²) in [5, 5.41) is 0. The van der Waals surface area contributed by atoms with Crippen LogP contribution in [0.1, 0.15) is 147 Å². The molecule has 3 heterocycles. The van der Waals surface area contributed by atoms with Crippen LogP contribution in [0.3, 0.4) is 0 Å². The van der Waals surface area contributed by atoms with Gasteiger partial charge in [0.2, 0.25) is 0 Å². The molecule has 338 valence electrons. The Morgan fingerprint density at radius 2 is 0.735 bits per heavy atom. The number of hydrogen-bond donors (Lipinski definition) is 0. The summed E-state index contributed by atoms with van der Waals surface area (Å²) in [6.07, 6.45) is 4.09. The zero-order valence-corrected chi connectivity index (χ0v) is 40.8. The van der Waals surface area contributed by atoms with Crippen LogP contribution >= 0.6 is 0 Å². The molecule has 0 saturated heterocycles. The van der Waals surface area contributed by atoms with Gasteiger partial charge < -0.3 is 14.2 Å². The molecule has 0 amide bonds. The summed E-state index contributed by atoms with van der Waals surface area (Å²) in [6.45, 7) is 19.7. The predicted molar refractivity (Wildman–Crippen MR) is 279 cm³/mol. The molecule has 3 heteroatoms. The van der Waals surface area contributed by atoms with E-state index in [1.165, 1.54) is 100 Å². The molecular weight excluding hydrogens is 829 g/mol. The van der Waals surface area contributed by atoms with E-state index in [-0.39, 0.29) is 36.1 Å². The van der Waals surface area contributed by atoms with Crippen LogP contribution in [0.5, 0.6) is 17.2 Å². The van der Waals surface area contributed by atoms with E-state index in [2.05, 4.69) is 226 Å². The Balaban J connectivity index is 1.01. The SMILES string of the molecule is Cc1ccc(C2Oc3ccc(/C=C/c4cc(C)cc5c4C(c4cc(C)cc(C)c4)C(c4ccc(C)cc4)O5)cc3C2c2cc(C)c3c(c2)OC(c2ccc(C)cc2)C3c2cc(C)cc(C)c2)cc1. The minimum Gasteiger partial charge on any atom is -0.484 e. The maximum Gasteiger partial charge on any atom is 0.135 e. The summed E-state index contributed by atoms with van der Waals surface area (Å²) in [5.74, 6) is 2.87. The zero-order valence-electron chi connectivity index (χ0n) is 40.8. The summed E-state index contributed by atoms with van der Waals surface area (Å²) >= 11 is 0. The molecule has 3 aliphatic rings. The fourth-order valence-electron chi connectivity index (χ4n) is 11.6. The first-order chi connectivity index (χ1) is 32.8. The quantitative estimate of drug-likeness (QED) is 0.142. The molecule has 8 aromatic carbocycles. The van der Waals surface area contributed by atoms with Crippen LogP contribution in [-0.4, -0.2) is 0 Å². The van der Waals surface area contributed by atoms with Crippen molar-refractivity contribution >= 4 is 12.2 Å². The van der Waals surface area contributed by atoms with Crippen molar-refractivity contribution in [3.8, 4) is 17.2 Å². The summed E-state index contributed by atoms with van der Waals surface area (Å²) in [5.41, 5.74) is 24.5. The van der Waals surface area contributed by atoms with Gasteiger partial charge in [-0.05, 0) is 142 Å². The van der Waals surface area contributed by atoms with Gasteiger partial charge in [-0.3, -0.25) is 0 Å². The molecule has 0 N–H and O–H groups in total. The van der Waals surface area contributed by atoms with Crippen molar-refractivity contribution in [1.29, 1.82) is 0 Å². The highest BCUT2D eigenvalue weighted by molar-refractivity contribution is 5.76. The third-order valence-electron chi connectivity index (χ3n) is 14.6. The van der Waals surface area contributed by atoms with Gasteiger partial charge in [-0.15, -0.1) is 0 Å². The van der Waals surface area contributed by atoms with E-state index in [0.29, 0.717) is 0 Å². The molecule has 0 saturated carbocycles. The molecule has 6 unspecified atom stereocenters. The average molecular weight is 889 g/mol. The van der Waals surface area contributed by atoms with E-state index in [1.54, 1.807) is 0 Å². The van der Waals surface area contributed by atoms with Gasteiger partial charge in [-0.1, -0.05) is 178 Å². The van der Waals surface area contributed by atoms with Crippen molar-refractivity contribution in [3.05, 3.63) is 263 Å². The van der Waals surface area contributed by atoms with Gasteiger partial charge in [0.1, 0.15) is 35.6 Å². The van der Waals surface area contributed by atoms with Gasteiger partial charge in [0.15, 0.2) is 0 Å². The second kappa shape index (κ2) is 17.2. The van der Waals surface area contributed by atoms with Gasteiger partial charge in [0.05, 0.1) is 17.8 Å². The van der Waals surface area contributed by atoms with Crippen molar-refractivity contribution in [2.75, 3.05) is 0 Å². The Bertz CT molecular complexity index is 3220. The fourth-order valence-corrected chi connectivity index (χ4v) is 11.6. The lowest BCUT2D eigenvalue weighted by atomic mass is 9.79. The number of benzene rings is 8. The Morgan fingerprint density at radius 1 is 0.309 bits per heavy atom. The van der Waals surface area contributed by atoms with Crippen LogP contribution < -0.4 is 14.2 Å². The smallest absolute Gasteiger partial charge is 0.135 e. The lowest BCUT2D eigenvalue weighted by Gasteiger charge is -2.23. The zero-order chi connectivity index (χ0) is 47.0. The second-order valence-electron chi connectivity index (χ2n) is 20.3. The van der Waals surface area contributed by atoms with E-state index in [1.807, 2.05) is 0 Å². The van der Waals surface area contributed by atoms with Gasteiger partial charge in [-0.2, -0.15) is 0 Å². The Morgan fingerprint density at radius 3 is 1.25 bits per heavy atom. The molecule has 0 bridgehead atoms. The molecule has 3 aliphatic heterocycles. The average Bonchev–Trinajstić information content (AvgIpc) is 4.00. The maximum atomic E-state index is 7.20. The first kappa shape index (κ1) is 43.5. The van der Waals surface area contributed by atoms with Crippen LogP contribution in [0.4, 0.5) is 0 Å². The van der Waals surface area contributed by atoms with Crippen LogP contribution in [0, 0.1) is 62.3 Å². The molecule has 11 rings (SSSR count). The van der Waals surface area contributed by atoms with Crippen LogP contribution in [0.2, 0.25) is 0 Å². The Hall–Kier alpha value is -7.10. The highest BCUT2D eigenvalue weighted by atomic mass is 16.5. The highest BCUT2D eigenvalue weighted by Gasteiger charge is 2.43. The standard InChI is InChI=1S/C65H60O3/c1-37-10-18-47(19-11-37)63-59(53-34-45(9)58-57(36-53)68-64(48-20-12-38(2)13-21-48)61(58)51-29-40(4)26-41(5)30-51)54-35-46(17-25-55(54)66-63)16-24-50-28-44(8)33-56-60(50)62(52-31-42(6)27-43(7)32-52)65(67-56)49-22-14-39(3)15-23-49/h10-36,59,61-65H,1-9H3/b24-16+. The van der Waals surface area contributed by atoms with Gasteiger partial charge in [0, 0.05) is 16.7 Å². The minimum atomic E-state index is -0.207. The number of fused-ring (bicyclic) bond motifs is 3. The normalized spacial score (nSPS) is 20.1. The van der Waals surface area contributed by atoms with E-state index in [4.69, 9.17) is 14.2 Å². The summed E-state index contributed by atoms with van der Waals surface area (Å²) in [4.78, 5) is 0. The largest absolute Gasteiger partial charge is 0.484 e. The van der Waals surface area contributed by atoms with E-state index in [0.717, 1.165) is 28.4 Å². The molecular formula is C65H60O3. The fraction of sp³-hybridized carbons (Fsp3) is 0.231. The minimum absolute atomic E-state index is 0.0324. The number of aryl methyl sites for hydroxylation is 9. The van der Waals surface area contributed by atoms with Crippen LogP contribution in [0.15, 0.2) is 152 Å². The third-order valence-corrected chi connectivity index (χ3v) is 14.6. The third kappa shape index (κ3) is 8.02. The van der Waals surface area contributed by atoms with Crippen molar-refractivity contribution in [2.24, 2.45) is 0 Å². The van der Waals surface area contributed by atoms with Crippen molar-refractivity contribution < 1.29 is 14.2 Å². The molecule has 0 spiro atoms. The summed E-state index contributed by atoms with van der Waals surface area (Å²) < 4.78 is 21.2. The van der Waals surface area contributed by atoms with Crippen LogP contribution in [-0.2, 0) is 0 Å². The highest BCUT2D eigenvalue weighted by Crippen LogP contribution is 2.56. The van der Waals surface area contributed by atoms with E-state index < -0.39 is 0 Å². The lowest BCUT2D eigenvalue weighted by molar-refractivity contribution is 0.218. The number of hydrogen-bond acceptors (Lipinski definition) is 3. The molecule has 68 heavy (non-hydrogen) atoms. The first-order valence-electron chi connectivity index (χ1n) is 24.3. The van der Waals surface area contributed by atoms with Crippen molar-refractivity contribution in [3.63, 3.8) is 0 Å². The van der Waals surface area contributed by atoms with Gasteiger partial charge in [0.25, 0.3) is 0 Å². The topological polar surface area (TPSA) is 27.7 Å². The molecule has 8 aromatic rings. The first-order valence-corrected chi connectivity index (χ1v) is 24.3. The van der Waals surface area contributed by atoms with Gasteiger partial charge in [-0.25, -0.2) is 0 Å². The molecule has 0 radical (unpaired) electrons. The number of rotatable bonds is 8.